The SMILES string of the molecule is CC.CCCCOCCOCCNCc1ccc(N)cc1. The second-order valence-corrected chi connectivity index (χ2v) is 4.50. The third-order valence-electron chi connectivity index (χ3n) is 2.75. The first-order valence-electron chi connectivity index (χ1n) is 8.03. The number of nitrogen functional groups attached to an aromatic ring is 1. The van der Waals surface area contributed by atoms with E-state index in [0.717, 1.165) is 31.8 Å². The van der Waals surface area contributed by atoms with Crippen molar-refractivity contribution < 1.29 is 9.47 Å². The maximum absolute atomic E-state index is 5.63. The smallest absolute Gasteiger partial charge is 0.0701 e. The molecule has 21 heavy (non-hydrogen) atoms. The molecule has 0 radical (unpaired) electrons. The average molecular weight is 296 g/mol. The fraction of sp³-hybridized carbons (Fsp3) is 0.647. The van der Waals surface area contributed by atoms with Crippen molar-refractivity contribution >= 4 is 5.69 Å². The number of hydrogen-bond donors (Lipinski definition) is 2. The second kappa shape index (κ2) is 15.3. The van der Waals surface area contributed by atoms with E-state index in [-0.39, 0.29) is 0 Å². The van der Waals surface area contributed by atoms with Crippen molar-refractivity contribution in [3.8, 4) is 0 Å². The van der Waals surface area contributed by atoms with Crippen LogP contribution in [-0.4, -0.2) is 33.0 Å². The topological polar surface area (TPSA) is 56.5 Å². The van der Waals surface area contributed by atoms with E-state index in [0.29, 0.717) is 19.8 Å². The lowest BCUT2D eigenvalue weighted by Crippen LogP contribution is -2.20. The Bertz CT molecular complexity index is 315. The summed E-state index contributed by atoms with van der Waals surface area (Å²) >= 11 is 0. The molecule has 1 rings (SSSR count). The number of hydrogen-bond acceptors (Lipinski definition) is 4. The summed E-state index contributed by atoms with van der Waals surface area (Å²) in [7, 11) is 0. The number of unbranched alkanes of at least 4 members (excludes halogenated alkanes) is 1. The minimum absolute atomic E-state index is 0.674. The number of anilines is 1. The van der Waals surface area contributed by atoms with Gasteiger partial charge in [0.25, 0.3) is 0 Å². The van der Waals surface area contributed by atoms with E-state index in [9.17, 15) is 0 Å². The van der Waals surface area contributed by atoms with Crippen molar-refractivity contribution in [3.05, 3.63) is 29.8 Å². The van der Waals surface area contributed by atoms with Gasteiger partial charge in [0.2, 0.25) is 0 Å². The fourth-order valence-corrected chi connectivity index (χ4v) is 1.58. The Balaban J connectivity index is 0.00000191. The monoisotopic (exact) mass is 296 g/mol. The molecule has 0 saturated carbocycles. The van der Waals surface area contributed by atoms with Crippen LogP contribution in [0.3, 0.4) is 0 Å². The molecule has 0 aliphatic rings. The fourth-order valence-electron chi connectivity index (χ4n) is 1.58. The maximum atomic E-state index is 5.63. The van der Waals surface area contributed by atoms with E-state index in [1.165, 1.54) is 12.0 Å². The van der Waals surface area contributed by atoms with Crippen LogP contribution in [0, 0.1) is 0 Å². The predicted octanol–water partition coefficient (Wildman–Crippen LogP) is 3.22. The lowest BCUT2D eigenvalue weighted by atomic mass is 10.2. The third-order valence-corrected chi connectivity index (χ3v) is 2.75. The van der Waals surface area contributed by atoms with Crippen molar-refractivity contribution in [2.24, 2.45) is 0 Å². The van der Waals surface area contributed by atoms with Gasteiger partial charge in [0.05, 0.1) is 19.8 Å². The first-order valence-corrected chi connectivity index (χ1v) is 8.03. The molecular formula is C17H32N2O2. The van der Waals surface area contributed by atoms with Gasteiger partial charge in [-0.15, -0.1) is 0 Å². The predicted molar refractivity (Wildman–Crippen MR) is 90.5 cm³/mol. The van der Waals surface area contributed by atoms with Gasteiger partial charge >= 0.3 is 0 Å². The van der Waals surface area contributed by atoms with Crippen LogP contribution in [0.15, 0.2) is 24.3 Å². The minimum Gasteiger partial charge on any atom is -0.399 e. The summed E-state index contributed by atoms with van der Waals surface area (Å²) in [5, 5.41) is 3.33. The Morgan fingerprint density at radius 2 is 1.57 bits per heavy atom. The number of nitrogens with two attached hydrogens (primary N) is 1. The molecule has 1 aromatic carbocycles. The first kappa shape index (κ1) is 19.9. The Hall–Kier alpha value is -1.10. The zero-order valence-corrected chi connectivity index (χ0v) is 13.9. The molecule has 0 aliphatic heterocycles. The van der Waals surface area contributed by atoms with Crippen molar-refractivity contribution in [2.45, 2.75) is 40.2 Å². The van der Waals surface area contributed by atoms with Crippen LogP contribution in [0.5, 0.6) is 0 Å². The summed E-state index contributed by atoms with van der Waals surface area (Å²) in [6.45, 7) is 10.8. The lowest BCUT2D eigenvalue weighted by molar-refractivity contribution is 0.0477. The van der Waals surface area contributed by atoms with E-state index in [1.807, 2.05) is 38.1 Å². The van der Waals surface area contributed by atoms with Crippen LogP contribution in [0.1, 0.15) is 39.2 Å². The van der Waals surface area contributed by atoms with Gasteiger partial charge in [0.15, 0.2) is 0 Å². The molecular weight excluding hydrogens is 264 g/mol. The summed E-state index contributed by atoms with van der Waals surface area (Å²) in [6, 6.07) is 7.90. The van der Waals surface area contributed by atoms with E-state index in [2.05, 4.69) is 12.2 Å². The summed E-state index contributed by atoms with van der Waals surface area (Å²) in [6.07, 6.45) is 2.30. The van der Waals surface area contributed by atoms with Crippen LogP contribution >= 0.6 is 0 Å². The summed E-state index contributed by atoms with van der Waals surface area (Å²) in [4.78, 5) is 0. The van der Waals surface area contributed by atoms with Crippen molar-refractivity contribution in [2.75, 3.05) is 38.7 Å². The quantitative estimate of drug-likeness (QED) is 0.486. The first-order chi connectivity index (χ1) is 10.3. The van der Waals surface area contributed by atoms with Gasteiger partial charge in [-0.2, -0.15) is 0 Å². The molecule has 0 unspecified atom stereocenters. The van der Waals surface area contributed by atoms with Gasteiger partial charge in [-0.25, -0.2) is 0 Å². The van der Waals surface area contributed by atoms with Gasteiger partial charge in [-0.3, -0.25) is 0 Å². The molecule has 0 heterocycles. The largest absolute Gasteiger partial charge is 0.399 e. The normalized spacial score (nSPS) is 10.0. The Labute approximate surface area is 130 Å². The van der Waals surface area contributed by atoms with Crippen LogP contribution in [0.25, 0.3) is 0 Å². The molecule has 1 aromatic rings. The highest BCUT2D eigenvalue weighted by atomic mass is 16.5. The summed E-state index contributed by atoms with van der Waals surface area (Å²) in [5.41, 5.74) is 7.66. The van der Waals surface area contributed by atoms with E-state index < -0.39 is 0 Å². The number of benzene rings is 1. The Morgan fingerprint density at radius 1 is 0.952 bits per heavy atom. The highest BCUT2D eigenvalue weighted by Crippen LogP contribution is 2.04. The zero-order chi connectivity index (χ0) is 15.8. The summed E-state index contributed by atoms with van der Waals surface area (Å²) < 4.78 is 10.9. The molecule has 4 heteroatoms. The van der Waals surface area contributed by atoms with Crippen molar-refractivity contribution in [3.63, 3.8) is 0 Å². The third kappa shape index (κ3) is 12.4. The maximum Gasteiger partial charge on any atom is 0.0701 e. The number of rotatable bonds is 11. The highest BCUT2D eigenvalue weighted by molar-refractivity contribution is 5.39. The molecule has 0 saturated heterocycles. The van der Waals surface area contributed by atoms with E-state index in [4.69, 9.17) is 15.2 Å². The molecule has 122 valence electrons. The lowest BCUT2D eigenvalue weighted by Gasteiger charge is -2.07. The summed E-state index contributed by atoms with van der Waals surface area (Å²) in [5.74, 6) is 0. The van der Waals surface area contributed by atoms with Crippen LogP contribution < -0.4 is 11.1 Å². The molecule has 0 aromatic heterocycles. The minimum atomic E-state index is 0.674. The molecule has 4 nitrogen and oxygen atoms in total. The Morgan fingerprint density at radius 3 is 2.19 bits per heavy atom. The van der Waals surface area contributed by atoms with Crippen molar-refractivity contribution in [1.29, 1.82) is 0 Å². The van der Waals surface area contributed by atoms with Crippen LogP contribution in [-0.2, 0) is 16.0 Å². The molecule has 0 fully saturated rings. The second-order valence-electron chi connectivity index (χ2n) is 4.50. The number of ether oxygens (including phenoxy) is 2. The molecule has 3 N–H and O–H groups in total. The Kier molecular flexibility index (Phi) is 14.5. The molecule has 0 aliphatic carbocycles. The molecule has 0 amide bonds. The van der Waals surface area contributed by atoms with Crippen LogP contribution in [0.4, 0.5) is 5.69 Å². The van der Waals surface area contributed by atoms with Crippen molar-refractivity contribution in [1.82, 2.24) is 5.32 Å². The van der Waals surface area contributed by atoms with Crippen LogP contribution in [0.2, 0.25) is 0 Å². The number of nitrogens with one attached hydrogen (secondary N) is 1. The highest BCUT2D eigenvalue weighted by Gasteiger charge is 1.93. The van der Waals surface area contributed by atoms with Gasteiger partial charge in [0, 0.05) is 25.4 Å². The van der Waals surface area contributed by atoms with Gasteiger partial charge in [-0.1, -0.05) is 39.3 Å². The standard InChI is InChI=1S/C15H26N2O2.C2H6/c1-2-3-9-18-11-12-19-10-8-17-13-14-4-6-15(16)7-5-14;1-2/h4-7,17H,2-3,8-13,16H2,1H3;1-2H3. The molecule has 0 atom stereocenters. The molecule has 0 bridgehead atoms. The van der Waals surface area contributed by atoms with E-state index >= 15 is 0 Å². The van der Waals surface area contributed by atoms with Gasteiger partial charge in [0.1, 0.15) is 0 Å². The van der Waals surface area contributed by atoms with Gasteiger partial charge in [-0.05, 0) is 24.1 Å². The van der Waals surface area contributed by atoms with E-state index in [1.54, 1.807) is 0 Å². The molecule has 0 spiro atoms. The van der Waals surface area contributed by atoms with Gasteiger partial charge < -0.3 is 20.5 Å². The zero-order valence-electron chi connectivity index (χ0n) is 13.9. The average Bonchev–Trinajstić information content (AvgIpc) is 2.53.